The Morgan fingerprint density at radius 3 is 3.21 bits per heavy atom. The fraction of sp³-hybridized carbons (Fsp3) is 0.250. The first kappa shape index (κ1) is 12.3. The number of H-pyrrole nitrogens is 1. The van der Waals surface area contributed by atoms with Crippen molar-refractivity contribution in [2.24, 2.45) is 0 Å². The zero-order valence-corrected chi connectivity index (χ0v) is 11.6. The molecule has 1 atom stereocenters. The summed E-state index contributed by atoms with van der Waals surface area (Å²) in [5, 5.41) is 5.98. The van der Waals surface area contributed by atoms with Crippen LogP contribution in [0, 0.1) is 0 Å². The van der Waals surface area contributed by atoms with Gasteiger partial charge in [-0.05, 0) is 28.1 Å². The maximum Gasteiger partial charge on any atom is 0.243 e. The number of carbonyl (C=O) groups is 1. The van der Waals surface area contributed by atoms with Gasteiger partial charge < -0.3 is 10.3 Å². The molecule has 1 amide bonds. The Morgan fingerprint density at radius 1 is 1.47 bits per heavy atom. The highest BCUT2D eigenvalue weighted by Crippen LogP contribution is 2.19. The first-order chi connectivity index (χ1) is 9.24. The van der Waals surface area contributed by atoms with Crippen molar-refractivity contribution in [2.75, 3.05) is 5.32 Å². The summed E-state index contributed by atoms with van der Waals surface area (Å²) in [5.74, 6) is 0.426. The molecule has 0 radical (unpaired) electrons. The van der Waals surface area contributed by atoms with Crippen LogP contribution < -0.4 is 10.6 Å². The molecule has 0 spiro atoms. The molecule has 3 rings (SSSR count). The number of hydrogen-bond acceptors (Lipinski definition) is 4. The summed E-state index contributed by atoms with van der Waals surface area (Å²) < 4.78 is 0.764. The van der Waals surface area contributed by atoms with Gasteiger partial charge in [-0.15, -0.1) is 0 Å². The highest BCUT2D eigenvalue weighted by molar-refractivity contribution is 9.10. The zero-order valence-electron chi connectivity index (χ0n) is 9.98. The van der Waals surface area contributed by atoms with E-state index < -0.39 is 0 Å². The zero-order chi connectivity index (χ0) is 13.2. The third-order valence-electron chi connectivity index (χ3n) is 3.05. The summed E-state index contributed by atoms with van der Waals surface area (Å²) in [6.07, 6.45) is 3.87. The maximum absolute atomic E-state index is 12.2. The highest BCUT2D eigenvalue weighted by atomic mass is 79.9. The molecule has 7 heteroatoms. The third kappa shape index (κ3) is 2.52. The number of imidazole rings is 1. The second-order valence-corrected chi connectivity index (χ2v) is 5.14. The van der Waals surface area contributed by atoms with E-state index in [1.807, 2.05) is 6.07 Å². The molecular weight excluding hydrogens is 310 g/mol. The van der Waals surface area contributed by atoms with Crippen LogP contribution in [0.1, 0.15) is 11.4 Å². The van der Waals surface area contributed by atoms with Crippen LogP contribution in [0.2, 0.25) is 0 Å². The Morgan fingerprint density at radius 2 is 2.37 bits per heavy atom. The minimum absolute atomic E-state index is 0.104. The van der Waals surface area contributed by atoms with Crippen molar-refractivity contribution in [3.05, 3.63) is 40.5 Å². The van der Waals surface area contributed by atoms with E-state index in [1.54, 1.807) is 18.6 Å². The van der Waals surface area contributed by atoms with Gasteiger partial charge in [0.25, 0.3) is 0 Å². The summed E-state index contributed by atoms with van der Waals surface area (Å²) >= 11 is 3.35. The average molecular weight is 322 g/mol. The molecule has 0 aromatic carbocycles. The molecule has 98 valence electrons. The van der Waals surface area contributed by atoms with E-state index in [9.17, 15) is 4.79 Å². The van der Waals surface area contributed by atoms with Gasteiger partial charge in [0, 0.05) is 19.2 Å². The van der Waals surface area contributed by atoms with Gasteiger partial charge in [0.15, 0.2) is 0 Å². The molecule has 1 aliphatic heterocycles. The number of hydrogen-bond donors (Lipinski definition) is 3. The average Bonchev–Trinajstić information content (AvgIpc) is 2.88. The van der Waals surface area contributed by atoms with Crippen LogP contribution in [0.25, 0.3) is 0 Å². The van der Waals surface area contributed by atoms with E-state index in [0.717, 1.165) is 15.9 Å². The van der Waals surface area contributed by atoms with E-state index in [4.69, 9.17) is 0 Å². The van der Waals surface area contributed by atoms with Crippen LogP contribution >= 0.6 is 15.9 Å². The fourth-order valence-electron chi connectivity index (χ4n) is 2.04. The molecule has 2 aromatic heterocycles. The summed E-state index contributed by atoms with van der Waals surface area (Å²) in [7, 11) is 0. The van der Waals surface area contributed by atoms with Crippen molar-refractivity contribution in [3.8, 4) is 0 Å². The largest absolute Gasteiger partial charge is 0.347 e. The lowest BCUT2D eigenvalue weighted by atomic mass is 10.0. The summed E-state index contributed by atoms with van der Waals surface area (Å²) in [5.41, 5.74) is 1.99. The van der Waals surface area contributed by atoms with Gasteiger partial charge in [-0.25, -0.2) is 9.97 Å². The lowest BCUT2D eigenvalue weighted by Crippen LogP contribution is -2.44. The number of pyridine rings is 1. The molecule has 0 saturated heterocycles. The number of amides is 1. The van der Waals surface area contributed by atoms with Gasteiger partial charge in [-0.1, -0.05) is 0 Å². The van der Waals surface area contributed by atoms with Crippen molar-refractivity contribution < 1.29 is 4.79 Å². The van der Waals surface area contributed by atoms with E-state index in [-0.39, 0.29) is 11.9 Å². The van der Waals surface area contributed by atoms with E-state index in [0.29, 0.717) is 18.8 Å². The van der Waals surface area contributed by atoms with Crippen molar-refractivity contribution >= 4 is 27.7 Å². The first-order valence-electron chi connectivity index (χ1n) is 5.90. The number of nitrogens with zero attached hydrogens (tertiary/aromatic N) is 2. The third-order valence-corrected chi connectivity index (χ3v) is 3.69. The fourth-order valence-corrected chi connectivity index (χ4v) is 2.39. The van der Waals surface area contributed by atoms with Crippen molar-refractivity contribution in [1.29, 1.82) is 0 Å². The molecule has 0 fully saturated rings. The quantitative estimate of drug-likeness (QED) is 0.776. The highest BCUT2D eigenvalue weighted by Gasteiger charge is 2.26. The van der Waals surface area contributed by atoms with Crippen LogP contribution in [0.3, 0.4) is 0 Å². The monoisotopic (exact) mass is 321 g/mol. The minimum atomic E-state index is -0.287. The SMILES string of the molecule is O=C(Nc1ncccc1Br)C1Cc2nc[nH]c2CN1. The van der Waals surface area contributed by atoms with Crippen LogP contribution in [0.4, 0.5) is 5.82 Å². The maximum atomic E-state index is 12.2. The van der Waals surface area contributed by atoms with Gasteiger partial charge in [0.05, 0.1) is 28.2 Å². The van der Waals surface area contributed by atoms with Crippen LogP contribution in [0.5, 0.6) is 0 Å². The van der Waals surface area contributed by atoms with Crippen molar-refractivity contribution in [2.45, 2.75) is 19.0 Å². The molecule has 3 N–H and O–H groups in total. The molecular formula is C12H12BrN5O. The topological polar surface area (TPSA) is 82.7 Å². The lowest BCUT2D eigenvalue weighted by molar-refractivity contribution is -0.118. The number of halogens is 1. The van der Waals surface area contributed by atoms with Gasteiger partial charge in [-0.3, -0.25) is 10.1 Å². The molecule has 19 heavy (non-hydrogen) atoms. The Labute approximate surface area is 118 Å². The van der Waals surface area contributed by atoms with Gasteiger partial charge in [0.2, 0.25) is 5.91 Å². The Balaban J connectivity index is 1.71. The number of aromatic nitrogens is 3. The number of nitrogens with one attached hydrogen (secondary N) is 3. The molecule has 0 bridgehead atoms. The Kier molecular flexibility index (Phi) is 3.31. The van der Waals surface area contributed by atoms with Gasteiger partial charge >= 0.3 is 0 Å². The molecule has 0 saturated carbocycles. The predicted molar refractivity (Wildman–Crippen MR) is 73.5 cm³/mol. The molecule has 0 aliphatic carbocycles. The lowest BCUT2D eigenvalue weighted by Gasteiger charge is -2.22. The van der Waals surface area contributed by atoms with Crippen molar-refractivity contribution in [3.63, 3.8) is 0 Å². The first-order valence-corrected chi connectivity index (χ1v) is 6.69. The van der Waals surface area contributed by atoms with Crippen LogP contribution in [-0.2, 0) is 17.8 Å². The second-order valence-electron chi connectivity index (χ2n) is 4.29. The molecule has 6 nitrogen and oxygen atoms in total. The number of anilines is 1. The second kappa shape index (κ2) is 5.10. The number of fused-ring (bicyclic) bond motifs is 1. The van der Waals surface area contributed by atoms with Gasteiger partial charge in [0.1, 0.15) is 5.82 Å². The van der Waals surface area contributed by atoms with Crippen molar-refractivity contribution in [1.82, 2.24) is 20.3 Å². The number of carbonyl (C=O) groups excluding carboxylic acids is 1. The standard InChI is InChI=1S/C12H12BrN5O/c13-7-2-1-3-14-11(7)18-12(19)9-4-8-10(5-15-9)17-6-16-8/h1-3,6,9,15H,4-5H2,(H,16,17)(H,14,18,19). The van der Waals surface area contributed by atoms with E-state index in [1.165, 1.54) is 0 Å². The smallest absolute Gasteiger partial charge is 0.243 e. The summed E-state index contributed by atoms with van der Waals surface area (Å²) in [4.78, 5) is 23.6. The number of aromatic amines is 1. The minimum Gasteiger partial charge on any atom is -0.347 e. The van der Waals surface area contributed by atoms with Crippen LogP contribution in [0.15, 0.2) is 29.1 Å². The van der Waals surface area contributed by atoms with Gasteiger partial charge in [-0.2, -0.15) is 0 Å². The van der Waals surface area contributed by atoms with E-state index >= 15 is 0 Å². The molecule has 1 aliphatic rings. The van der Waals surface area contributed by atoms with E-state index in [2.05, 4.69) is 41.5 Å². The summed E-state index contributed by atoms with van der Waals surface area (Å²) in [6, 6.07) is 3.35. The normalized spacial score (nSPS) is 17.8. The van der Waals surface area contributed by atoms with Crippen LogP contribution in [-0.4, -0.2) is 26.9 Å². The molecule has 2 aromatic rings. The number of rotatable bonds is 2. The molecule has 3 heterocycles. The Hall–Kier alpha value is -1.73. The predicted octanol–water partition coefficient (Wildman–Crippen LogP) is 1.22. The Bertz CT molecular complexity index is 612. The summed E-state index contributed by atoms with van der Waals surface area (Å²) in [6.45, 7) is 0.622. The molecule has 1 unspecified atom stereocenters.